The van der Waals surface area contributed by atoms with Gasteiger partial charge >= 0.3 is 0 Å². The number of nitrogens with zero attached hydrogens (tertiary/aromatic N) is 2. The van der Waals surface area contributed by atoms with Crippen LogP contribution in [0, 0.1) is 5.92 Å². The van der Waals surface area contributed by atoms with Crippen LogP contribution in [0.3, 0.4) is 0 Å². The van der Waals surface area contributed by atoms with E-state index in [0.717, 1.165) is 5.69 Å². The fourth-order valence-corrected chi connectivity index (χ4v) is 2.69. The Morgan fingerprint density at radius 2 is 1.95 bits per heavy atom. The molecule has 0 spiro atoms. The Kier molecular flexibility index (Phi) is 3.45. The van der Waals surface area contributed by atoms with E-state index in [-0.39, 0.29) is 24.2 Å². The van der Waals surface area contributed by atoms with Gasteiger partial charge in [-0.05, 0) is 12.1 Å². The highest BCUT2D eigenvalue weighted by molar-refractivity contribution is 6.00. The van der Waals surface area contributed by atoms with Crippen molar-refractivity contribution >= 4 is 17.5 Å². The van der Waals surface area contributed by atoms with Crippen molar-refractivity contribution in [3.05, 3.63) is 18.2 Å². The molecule has 1 saturated heterocycles. The zero-order chi connectivity index (χ0) is 15.0. The molecule has 0 aromatic heterocycles. The van der Waals surface area contributed by atoms with Gasteiger partial charge in [0.05, 0.1) is 5.92 Å². The summed E-state index contributed by atoms with van der Waals surface area (Å²) >= 11 is 0. The lowest BCUT2D eigenvalue weighted by molar-refractivity contribution is -0.133. The van der Waals surface area contributed by atoms with Crippen LogP contribution < -0.4 is 14.4 Å². The Balaban J connectivity index is 1.81. The maximum absolute atomic E-state index is 12.2. The molecule has 1 fully saturated rings. The van der Waals surface area contributed by atoms with Crippen molar-refractivity contribution in [3.8, 4) is 11.5 Å². The van der Waals surface area contributed by atoms with Gasteiger partial charge < -0.3 is 19.3 Å². The van der Waals surface area contributed by atoms with Crippen LogP contribution in [-0.4, -0.2) is 50.6 Å². The highest BCUT2D eigenvalue weighted by Gasteiger charge is 2.36. The molecule has 0 radical (unpaired) electrons. The normalized spacial score (nSPS) is 20.6. The third kappa shape index (κ3) is 2.53. The van der Waals surface area contributed by atoms with Gasteiger partial charge in [0.2, 0.25) is 11.8 Å². The van der Waals surface area contributed by atoms with Crippen LogP contribution in [0.4, 0.5) is 5.69 Å². The Morgan fingerprint density at radius 1 is 1.24 bits per heavy atom. The largest absolute Gasteiger partial charge is 0.486 e. The van der Waals surface area contributed by atoms with E-state index in [2.05, 4.69) is 0 Å². The lowest BCUT2D eigenvalue weighted by Crippen LogP contribution is -2.32. The molecule has 2 amide bonds. The molecule has 2 aliphatic rings. The van der Waals surface area contributed by atoms with Gasteiger partial charge in [-0.1, -0.05) is 0 Å². The minimum absolute atomic E-state index is 0.0107. The number of benzene rings is 1. The molecule has 0 bridgehead atoms. The quantitative estimate of drug-likeness (QED) is 0.812. The summed E-state index contributed by atoms with van der Waals surface area (Å²) in [4.78, 5) is 27.3. The van der Waals surface area contributed by atoms with E-state index in [1.807, 2.05) is 6.07 Å². The zero-order valence-electron chi connectivity index (χ0n) is 12.2. The molecule has 2 aliphatic heterocycles. The minimum atomic E-state index is -0.277. The second kappa shape index (κ2) is 5.27. The van der Waals surface area contributed by atoms with Crippen LogP contribution in [-0.2, 0) is 9.59 Å². The zero-order valence-corrected chi connectivity index (χ0v) is 12.2. The lowest BCUT2D eigenvalue weighted by atomic mass is 10.1. The molecule has 0 N–H and O–H groups in total. The Bertz CT molecular complexity index is 585. The number of ether oxygens (including phenoxy) is 2. The van der Waals surface area contributed by atoms with Crippen LogP contribution >= 0.6 is 0 Å². The summed E-state index contributed by atoms with van der Waals surface area (Å²) in [5.41, 5.74) is 0.748. The fourth-order valence-electron chi connectivity index (χ4n) is 2.69. The second-order valence-corrected chi connectivity index (χ2v) is 5.47. The maximum Gasteiger partial charge on any atom is 0.227 e. The van der Waals surface area contributed by atoms with Gasteiger partial charge in [0, 0.05) is 38.8 Å². The molecule has 6 nitrogen and oxygen atoms in total. The van der Waals surface area contributed by atoms with E-state index in [9.17, 15) is 9.59 Å². The molecule has 0 aliphatic carbocycles. The number of hydrogen-bond acceptors (Lipinski definition) is 4. The smallest absolute Gasteiger partial charge is 0.227 e. The number of hydrogen-bond donors (Lipinski definition) is 0. The molecule has 3 rings (SSSR count). The molecule has 112 valence electrons. The third-order valence-corrected chi connectivity index (χ3v) is 3.75. The number of anilines is 1. The van der Waals surface area contributed by atoms with E-state index < -0.39 is 0 Å². The first-order valence-corrected chi connectivity index (χ1v) is 6.97. The van der Waals surface area contributed by atoms with Crippen LogP contribution in [0.15, 0.2) is 18.2 Å². The number of rotatable bonds is 2. The monoisotopic (exact) mass is 290 g/mol. The first kappa shape index (κ1) is 13.7. The van der Waals surface area contributed by atoms with Crippen LogP contribution in [0.5, 0.6) is 11.5 Å². The standard InChI is InChI=1S/C15H18N2O4/c1-16(2)15(19)10-7-14(18)17(9-10)11-3-4-12-13(8-11)21-6-5-20-12/h3-4,8,10H,5-7,9H2,1-2H3. The molecule has 0 saturated carbocycles. The van der Waals surface area contributed by atoms with Gasteiger partial charge in [0.15, 0.2) is 11.5 Å². The van der Waals surface area contributed by atoms with Crippen molar-refractivity contribution in [2.24, 2.45) is 5.92 Å². The average Bonchev–Trinajstić information content (AvgIpc) is 2.87. The fraction of sp³-hybridized carbons (Fsp3) is 0.467. The SMILES string of the molecule is CN(C)C(=O)C1CC(=O)N(c2ccc3c(c2)OCCO3)C1. The summed E-state index contributed by atoms with van der Waals surface area (Å²) in [6.07, 6.45) is 0.255. The van der Waals surface area contributed by atoms with Gasteiger partial charge in [-0.15, -0.1) is 0 Å². The van der Waals surface area contributed by atoms with Gasteiger partial charge in [0.25, 0.3) is 0 Å². The molecular weight excluding hydrogens is 272 g/mol. The van der Waals surface area contributed by atoms with Crippen molar-refractivity contribution in [2.45, 2.75) is 6.42 Å². The molecule has 6 heteroatoms. The summed E-state index contributed by atoms with van der Waals surface area (Å²) in [7, 11) is 3.42. The highest BCUT2D eigenvalue weighted by Crippen LogP contribution is 2.36. The van der Waals surface area contributed by atoms with E-state index in [1.165, 1.54) is 4.90 Å². The number of carbonyl (C=O) groups excluding carboxylic acids is 2. The van der Waals surface area contributed by atoms with Crippen LogP contribution in [0.2, 0.25) is 0 Å². The topological polar surface area (TPSA) is 59.1 Å². The minimum Gasteiger partial charge on any atom is -0.486 e. The summed E-state index contributed by atoms with van der Waals surface area (Å²) in [5, 5.41) is 0. The molecule has 2 heterocycles. The highest BCUT2D eigenvalue weighted by atomic mass is 16.6. The molecule has 21 heavy (non-hydrogen) atoms. The summed E-state index contributed by atoms with van der Waals surface area (Å²) in [6, 6.07) is 5.43. The molecular formula is C15H18N2O4. The van der Waals surface area contributed by atoms with Crippen molar-refractivity contribution in [2.75, 3.05) is 38.8 Å². The Labute approximate surface area is 123 Å². The first-order valence-electron chi connectivity index (χ1n) is 6.97. The van der Waals surface area contributed by atoms with Gasteiger partial charge in [-0.25, -0.2) is 0 Å². The number of fused-ring (bicyclic) bond motifs is 1. The lowest BCUT2D eigenvalue weighted by Gasteiger charge is -2.22. The summed E-state index contributed by atoms with van der Waals surface area (Å²) in [6.45, 7) is 1.45. The van der Waals surface area contributed by atoms with Crippen LogP contribution in [0.25, 0.3) is 0 Å². The van der Waals surface area contributed by atoms with Crippen molar-refractivity contribution in [3.63, 3.8) is 0 Å². The van der Waals surface area contributed by atoms with Crippen molar-refractivity contribution in [1.82, 2.24) is 4.90 Å². The second-order valence-electron chi connectivity index (χ2n) is 5.47. The number of carbonyl (C=O) groups is 2. The van der Waals surface area contributed by atoms with Gasteiger partial charge in [-0.3, -0.25) is 9.59 Å². The van der Waals surface area contributed by atoms with Crippen molar-refractivity contribution < 1.29 is 19.1 Å². The Morgan fingerprint density at radius 3 is 2.67 bits per heavy atom. The molecule has 1 aromatic rings. The summed E-state index contributed by atoms with van der Waals surface area (Å²) in [5.74, 6) is 1.02. The van der Waals surface area contributed by atoms with E-state index in [1.54, 1.807) is 31.1 Å². The Hall–Kier alpha value is -2.24. The average molecular weight is 290 g/mol. The van der Waals surface area contributed by atoms with Gasteiger partial charge in [0.1, 0.15) is 13.2 Å². The predicted molar refractivity (Wildman–Crippen MR) is 76.6 cm³/mol. The van der Waals surface area contributed by atoms with Gasteiger partial charge in [-0.2, -0.15) is 0 Å². The molecule has 1 aromatic carbocycles. The van der Waals surface area contributed by atoms with E-state index >= 15 is 0 Å². The summed E-state index contributed by atoms with van der Waals surface area (Å²) < 4.78 is 11.0. The van der Waals surface area contributed by atoms with E-state index in [0.29, 0.717) is 31.3 Å². The molecule has 1 unspecified atom stereocenters. The number of amides is 2. The third-order valence-electron chi connectivity index (χ3n) is 3.75. The maximum atomic E-state index is 12.2. The predicted octanol–water partition coefficient (Wildman–Crippen LogP) is 0.899. The van der Waals surface area contributed by atoms with E-state index in [4.69, 9.17) is 9.47 Å². The van der Waals surface area contributed by atoms with Crippen LogP contribution in [0.1, 0.15) is 6.42 Å². The first-order chi connectivity index (χ1) is 10.1. The molecule has 1 atom stereocenters. The van der Waals surface area contributed by atoms with Crippen molar-refractivity contribution in [1.29, 1.82) is 0 Å².